The molecule has 4 aliphatic rings. The summed E-state index contributed by atoms with van der Waals surface area (Å²) in [6, 6.07) is 27.6. The summed E-state index contributed by atoms with van der Waals surface area (Å²) in [6.45, 7) is 38.5. The molecule has 0 atom stereocenters. The molecule has 6 aromatic rings. The number of rotatable bonds is 10. The van der Waals surface area contributed by atoms with Crippen LogP contribution in [-0.4, -0.2) is 56.9 Å². The maximum atomic E-state index is 7.32. The van der Waals surface area contributed by atoms with Crippen molar-refractivity contribution in [3.05, 3.63) is 162 Å². The molecule has 0 aromatic heterocycles. The van der Waals surface area contributed by atoms with Gasteiger partial charge in [-0.2, -0.15) is 0 Å². The minimum absolute atomic E-state index is 0.141. The van der Waals surface area contributed by atoms with Crippen LogP contribution in [0, 0.1) is 83.1 Å². The molecule has 0 unspecified atom stereocenters. The first-order chi connectivity index (χ1) is 35.7. The Hall–Kier alpha value is -5.92. The summed E-state index contributed by atoms with van der Waals surface area (Å²) in [7, 11) is 0. The van der Waals surface area contributed by atoms with Crippen molar-refractivity contribution in [2.75, 3.05) is 45.8 Å². The third-order valence-corrected chi connectivity index (χ3v) is 18.7. The van der Waals surface area contributed by atoms with Gasteiger partial charge in [-0.3, -0.25) is 0 Å². The van der Waals surface area contributed by atoms with Crippen molar-refractivity contribution in [3.8, 4) is 11.5 Å². The normalized spacial score (nSPS) is 15.9. The van der Waals surface area contributed by atoms with Gasteiger partial charge in [-0.25, -0.2) is 0 Å². The number of hydrogen-bond donors (Lipinski definition) is 0. The first kappa shape index (κ1) is 52.5. The standard InChI is InChI=1S/2C32H35N3OS.Ru/c2*1-19(2)36-31-26-9-10-27(33-18-37)28(31)32(17-26)34(29-22(5)13-20(3)14-23(29)6)11-12-35(32)30-24(7)15-21(4)16-25(30)8;/h2*9-10,13-16,19H,11-12H2,1-8H3;. The molecule has 11 heteroatoms. The quantitative estimate of drug-likeness (QED) is 0.0764. The van der Waals surface area contributed by atoms with Gasteiger partial charge in [0.1, 0.15) is 0 Å². The molecule has 2 aliphatic heterocycles. The molecular weight excluding hydrogens is 1050 g/mol. The van der Waals surface area contributed by atoms with Crippen LogP contribution >= 0.6 is 24.4 Å². The molecule has 10 rings (SSSR count). The van der Waals surface area contributed by atoms with Crippen LogP contribution in [0.5, 0.6) is 11.5 Å². The van der Waals surface area contributed by atoms with Gasteiger partial charge < -0.3 is 0 Å². The van der Waals surface area contributed by atoms with Crippen molar-refractivity contribution >= 4 is 77.1 Å². The van der Waals surface area contributed by atoms with E-state index >= 15 is 0 Å². The third kappa shape index (κ3) is 8.06. The predicted octanol–water partition coefficient (Wildman–Crippen LogP) is 14.6. The van der Waals surface area contributed by atoms with E-state index < -0.39 is 27.5 Å². The summed E-state index contributed by atoms with van der Waals surface area (Å²) in [5.41, 5.74) is 23.4. The first-order valence-electron chi connectivity index (χ1n) is 26.3. The van der Waals surface area contributed by atoms with Gasteiger partial charge >= 0.3 is 466 Å². The van der Waals surface area contributed by atoms with Crippen LogP contribution in [0.3, 0.4) is 0 Å². The molecule has 0 amide bonds. The second kappa shape index (κ2) is 19.6. The SMILES string of the molecule is Cc1cc(C)c(N2CCN(c3c(C)cc(C)cc3C)C23[C](=[Ru]=[C]2c4ccc(N=C=S)c(c4OC(C)C)C24N(c2c(C)cc(C)cc2C)CCN4c2c(C)cc(C)cc2C)c2ccc(N=C=S)c3c2OC(C)C)c(C)c1. The molecule has 0 N–H and O–H groups in total. The Morgan fingerprint density at radius 2 is 0.693 bits per heavy atom. The van der Waals surface area contributed by atoms with Gasteiger partial charge in [0.25, 0.3) is 0 Å². The zero-order valence-electron chi connectivity index (χ0n) is 46.6. The van der Waals surface area contributed by atoms with Crippen LogP contribution < -0.4 is 29.1 Å². The Bertz CT molecular complexity index is 3140. The van der Waals surface area contributed by atoms with Crippen LogP contribution in [0.4, 0.5) is 34.1 Å². The number of aryl methyl sites for hydroxylation is 12. The van der Waals surface area contributed by atoms with Crippen molar-refractivity contribution in [2.24, 2.45) is 9.98 Å². The Morgan fingerprint density at radius 1 is 0.440 bits per heavy atom. The fraction of sp³-hybridized carbons (Fsp3) is 0.375. The zero-order chi connectivity index (χ0) is 53.7. The number of fused-ring (bicyclic) bond motifs is 6. The van der Waals surface area contributed by atoms with Gasteiger partial charge in [-0.15, -0.1) is 0 Å². The summed E-state index contributed by atoms with van der Waals surface area (Å²) in [5, 5.41) is 5.69. The van der Waals surface area contributed by atoms with Gasteiger partial charge in [-0.05, 0) is 0 Å². The molecule has 0 radical (unpaired) electrons. The van der Waals surface area contributed by atoms with Crippen molar-refractivity contribution in [3.63, 3.8) is 0 Å². The van der Waals surface area contributed by atoms with E-state index in [1.165, 1.54) is 97.7 Å². The average molecular weight is 1120 g/mol. The van der Waals surface area contributed by atoms with E-state index in [4.69, 9.17) is 43.9 Å². The molecule has 75 heavy (non-hydrogen) atoms. The number of hydrogen-bond acceptors (Lipinski definition) is 10. The Labute approximate surface area is 463 Å². The van der Waals surface area contributed by atoms with Gasteiger partial charge in [0.15, 0.2) is 0 Å². The summed E-state index contributed by atoms with van der Waals surface area (Å²) < 4.78 is 17.2. The molecule has 6 aromatic carbocycles. The van der Waals surface area contributed by atoms with E-state index in [0.29, 0.717) is 0 Å². The number of anilines is 4. The molecule has 2 saturated heterocycles. The van der Waals surface area contributed by atoms with Crippen LogP contribution in [0.15, 0.2) is 82.8 Å². The maximum absolute atomic E-state index is 7.32. The zero-order valence-corrected chi connectivity index (χ0v) is 50.0. The van der Waals surface area contributed by atoms with Gasteiger partial charge in [0.2, 0.25) is 0 Å². The molecule has 388 valence electrons. The van der Waals surface area contributed by atoms with Crippen LogP contribution in [0.1, 0.15) is 117 Å². The number of ether oxygens (including phenoxy) is 2. The molecule has 2 spiro atoms. The fourth-order valence-corrected chi connectivity index (χ4v) is 17.6. The molecular formula is C64H70N6O2RuS2. The van der Waals surface area contributed by atoms with Crippen molar-refractivity contribution in [1.82, 2.24) is 0 Å². The topological polar surface area (TPSA) is 56.1 Å². The number of thiocarbonyl (C=S) groups is 2. The van der Waals surface area contributed by atoms with E-state index in [0.717, 1.165) is 71.3 Å². The second-order valence-electron chi connectivity index (χ2n) is 22.0. The summed E-state index contributed by atoms with van der Waals surface area (Å²) >= 11 is 10.2. The summed E-state index contributed by atoms with van der Waals surface area (Å²) in [5.74, 6) is 1.70. The minimum atomic E-state index is -0.953. The predicted molar refractivity (Wildman–Crippen MR) is 317 cm³/mol. The number of nitrogens with zero attached hydrogens (tertiary/aromatic N) is 6. The van der Waals surface area contributed by atoms with E-state index in [2.05, 4.69) is 213 Å². The van der Waals surface area contributed by atoms with Crippen LogP contribution in [0.25, 0.3) is 0 Å². The van der Waals surface area contributed by atoms with E-state index in [1.807, 2.05) is 0 Å². The van der Waals surface area contributed by atoms with Crippen LogP contribution in [0.2, 0.25) is 0 Å². The van der Waals surface area contributed by atoms with Gasteiger partial charge in [0, 0.05) is 0 Å². The number of aliphatic imine (C=N–C) groups is 2. The third-order valence-electron chi connectivity index (χ3n) is 15.5. The number of benzene rings is 6. The van der Waals surface area contributed by atoms with E-state index in [-0.39, 0.29) is 12.2 Å². The molecule has 2 aliphatic carbocycles. The van der Waals surface area contributed by atoms with Crippen molar-refractivity contribution < 1.29 is 25.7 Å². The molecule has 0 saturated carbocycles. The van der Waals surface area contributed by atoms with E-state index in [1.54, 1.807) is 0 Å². The van der Waals surface area contributed by atoms with Crippen molar-refractivity contribution in [1.29, 1.82) is 0 Å². The molecule has 2 fully saturated rings. The monoisotopic (exact) mass is 1120 g/mol. The Kier molecular flexibility index (Phi) is 13.7. The summed E-state index contributed by atoms with van der Waals surface area (Å²) in [6.07, 6.45) is -0.282. The van der Waals surface area contributed by atoms with Crippen LogP contribution in [-0.2, 0) is 27.5 Å². The fourth-order valence-electron chi connectivity index (χ4n) is 13.9. The Morgan fingerprint density at radius 3 is 0.920 bits per heavy atom. The van der Waals surface area contributed by atoms with Gasteiger partial charge in [0.05, 0.1) is 0 Å². The molecule has 8 nitrogen and oxygen atoms in total. The summed E-state index contributed by atoms with van der Waals surface area (Å²) in [4.78, 5) is 20.9. The second-order valence-corrected chi connectivity index (χ2v) is 24.6. The Balaban J connectivity index is 1.51. The first-order valence-corrected chi connectivity index (χ1v) is 28.9. The average Bonchev–Trinajstić information content (AvgIpc) is 3.95. The molecule has 2 heterocycles. The van der Waals surface area contributed by atoms with Crippen molar-refractivity contribution in [2.45, 2.75) is 134 Å². The number of isothiocyanates is 2. The molecule has 4 bridgehead atoms. The van der Waals surface area contributed by atoms with E-state index in [9.17, 15) is 0 Å². The van der Waals surface area contributed by atoms with Gasteiger partial charge in [-0.1, -0.05) is 0 Å².